The van der Waals surface area contributed by atoms with Crippen LogP contribution in [0.2, 0.25) is 0 Å². The number of nitrogens with one attached hydrogen (secondary N) is 1. The van der Waals surface area contributed by atoms with Crippen molar-refractivity contribution < 1.29 is 0 Å². The van der Waals surface area contributed by atoms with Crippen molar-refractivity contribution in [3.63, 3.8) is 0 Å². The summed E-state index contributed by atoms with van der Waals surface area (Å²) in [6.07, 6.45) is 13.6. The molecule has 0 saturated carbocycles. The van der Waals surface area contributed by atoms with Gasteiger partial charge in [0, 0.05) is 0 Å². The van der Waals surface area contributed by atoms with Crippen molar-refractivity contribution in [1.29, 1.82) is 0 Å². The second-order valence-electron chi connectivity index (χ2n) is 8.10. The molecule has 2 aliphatic carbocycles. The van der Waals surface area contributed by atoms with E-state index in [0.29, 0.717) is 0 Å². The minimum atomic E-state index is 1.06. The lowest BCUT2D eigenvalue weighted by molar-refractivity contribution is 0.824. The Bertz CT molecular complexity index is 1380. The van der Waals surface area contributed by atoms with Gasteiger partial charge in [0.15, 0.2) is 0 Å². The topological polar surface area (TPSA) is 24.4 Å². The van der Waals surface area contributed by atoms with Crippen LogP contribution < -0.4 is 15.9 Å². The lowest BCUT2D eigenvalue weighted by Gasteiger charge is -2.16. The molecule has 0 bridgehead atoms. The van der Waals surface area contributed by atoms with E-state index in [1.54, 1.807) is 11.1 Å². The van der Waals surface area contributed by atoms with Gasteiger partial charge in [0.25, 0.3) is 0 Å². The number of allylic oxidation sites excluding steroid dienone is 1. The predicted molar refractivity (Wildman–Crippen MR) is 128 cm³/mol. The second-order valence-corrected chi connectivity index (χ2v) is 8.10. The number of nitrogens with zero attached hydrogens (tertiary/aromatic N) is 1. The molecule has 0 aromatic heterocycles. The van der Waals surface area contributed by atoms with E-state index in [-0.39, 0.29) is 0 Å². The molecule has 148 valence electrons. The van der Waals surface area contributed by atoms with Gasteiger partial charge >= 0.3 is 0 Å². The number of rotatable bonds is 0. The summed E-state index contributed by atoms with van der Waals surface area (Å²) in [4.78, 5) is 0. The van der Waals surface area contributed by atoms with E-state index in [0.717, 1.165) is 17.7 Å². The van der Waals surface area contributed by atoms with Crippen LogP contribution in [0.1, 0.15) is 36.5 Å². The van der Waals surface area contributed by atoms with Crippen LogP contribution in [0, 0.1) is 10.4 Å². The zero-order valence-corrected chi connectivity index (χ0v) is 17.4. The molecule has 0 unspecified atom stereocenters. The highest BCUT2D eigenvalue weighted by atomic mass is 15.3. The fraction of sp³-hybridized carbons (Fsp3) is 0.179. The van der Waals surface area contributed by atoms with Gasteiger partial charge in [-0.1, -0.05) is 66.7 Å². The Kier molecular flexibility index (Phi) is 5.06. The van der Waals surface area contributed by atoms with Crippen LogP contribution in [0.4, 0.5) is 5.69 Å². The molecule has 3 aromatic rings. The highest BCUT2D eigenvalue weighted by Crippen LogP contribution is 2.20. The lowest BCUT2D eigenvalue weighted by Crippen LogP contribution is -2.19. The minimum absolute atomic E-state index is 1.06. The summed E-state index contributed by atoms with van der Waals surface area (Å²) in [6, 6.07) is 21.5. The average molecular weight is 391 g/mol. The molecule has 0 atom stereocenters. The zero-order valence-electron chi connectivity index (χ0n) is 17.4. The number of hydrogen-bond donors (Lipinski definition) is 1. The summed E-state index contributed by atoms with van der Waals surface area (Å²) in [7, 11) is 0. The fourth-order valence-corrected chi connectivity index (χ4v) is 4.56. The van der Waals surface area contributed by atoms with Gasteiger partial charge in [0.2, 0.25) is 0 Å². The van der Waals surface area contributed by atoms with E-state index in [1.807, 2.05) is 31.3 Å². The molecule has 30 heavy (non-hydrogen) atoms. The van der Waals surface area contributed by atoms with Gasteiger partial charge in [-0.25, -0.2) is 0 Å². The maximum Gasteiger partial charge on any atom is 0.0634 e. The molecule has 6 rings (SSSR count). The fourth-order valence-electron chi connectivity index (χ4n) is 4.56. The van der Waals surface area contributed by atoms with Gasteiger partial charge in [-0.2, -0.15) is 5.10 Å². The SMILES string of the molecule is C1=c2ccc3c(c2CCC1)CC=c1ccccc1=3.CC1=Cc2ccccc2NN=C1. The van der Waals surface area contributed by atoms with Gasteiger partial charge < -0.3 is 0 Å². The molecule has 2 heteroatoms. The predicted octanol–water partition coefficient (Wildman–Crippen LogP) is 4.93. The number of hydrogen-bond acceptors (Lipinski definition) is 2. The van der Waals surface area contributed by atoms with Crippen LogP contribution in [0.5, 0.6) is 0 Å². The average Bonchev–Trinajstić information content (AvgIpc) is 2.99. The highest BCUT2D eigenvalue weighted by Gasteiger charge is 2.10. The van der Waals surface area contributed by atoms with Crippen LogP contribution in [0.3, 0.4) is 0 Å². The van der Waals surface area contributed by atoms with E-state index in [2.05, 4.69) is 71.2 Å². The quantitative estimate of drug-likeness (QED) is 0.578. The van der Waals surface area contributed by atoms with E-state index >= 15 is 0 Å². The molecular formula is C28H26N2. The minimum Gasteiger partial charge on any atom is -0.278 e. The van der Waals surface area contributed by atoms with Gasteiger partial charge in [0.05, 0.1) is 11.9 Å². The first-order chi connectivity index (χ1) is 14.8. The van der Waals surface area contributed by atoms with Crippen LogP contribution in [-0.4, -0.2) is 6.21 Å². The van der Waals surface area contributed by atoms with Crippen molar-refractivity contribution >= 4 is 30.1 Å². The lowest BCUT2D eigenvalue weighted by atomic mass is 9.89. The van der Waals surface area contributed by atoms with Crippen molar-refractivity contribution in [1.82, 2.24) is 0 Å². The van der Waals surface area contributed by atoms with Crippen LogP contribution in [-0.2, 0) is 12.8 Å². The monoisotopic (exact) mass is 390 g/mol. The maximum atomic E-state index is 4.05. The van der Waals surface area contributed by atoms with Crippen LogP contribution in [0.15, 0.2) is 71.3 Å². The van der Waals surface area contributed by atoms with E-state index in [9.17, 15) is 0 Å². The smallest absolute Gasteiger partial charge is 0.0634 e. The van der Waals surface area contributed by atoms with Gasteiger partial charge in [-0.05, 0) is 87.9 Å². The first-order valence-corrected chi connectivity index (χ1v) is 10.8. The third-order valence-corrected chi connectivity index (χ3v) is 6.04. The molecule has 2 nitrogen and oxygen atoms in total. The summed E-state index contributed by atoms with van der Waals surface area (Å²) < 4.78 is 0. The largest absolute Gasteiger partial charge is 0.278 e. The molecule has 0 amide bonds. The van der Waals surface area contributed by atoms with Crippen molar-refractivity contribution in [3.05, 3.63) is 104 Å². The molecule has 0 radical (unpaired) electrons. The van der Waals surface area contributed by atoms with Gasteiger partial charge in [-0.3, -0.25) is 5.43 Å². The van der Waals surface area contributed by atoms with Gasteiger partial charge in [0.1, 0.15) is 0 Å². The second kappa shape index (κ2) is 8.16. The summed E-state index contributed by atoms with van der Waals surface area (Å²) in [6.45, 7) is 2.04. The first kappa shape index (κ1) is 18.6. The number of hydrazone groups is 1. The molecule has 0 fully saturated rings. The molecular weight excluding hydrogens is 364 g/mol. The Labute approximate surface area is 177 Å². The third kappa shape index (κ3) is 3.61. The molecule has 3 aromatic carbocycles. The number of fused-ring (bicyclic) bond motifs is 5. The van der Waals surface area contributed by atoms with E-state index in [1.165, 1.54) is 45.7 Å². The zero-order chi connectivity index (χ0) is 20.3. The van der Waals surface area contributed by atoms with Crippen molar-refractivity contribution in [2.75, 3.05) is 5.43 Å². The Morgan fingerprint density at radius 2 is 1.67 bits per heavy atom. The van der Waals surface area contributed by atoms with E-state index < -0.39 is 0 Å². The maximum absolute atomic E-state index is 4.05. The standard InChI is InChI=1S/C18H16.C10H10N2/c1-3-7-15-13(5-1)9-11-18-16-8-4-2-6-14(16)10-12-17(15)18;1-8-6-9-4-2-3-5-10(9)12-11-7-8/h1,3,5-7,9-10,12H,2,4,8,11H2;2-7,12H,1H3. The van der Waals surface area contributed by atoms with Crippen LogP contribution >= 0.6 is 0 Å². The Balaban J connectivity index is 0.000000140. The Morgan fingerprint density at radius 1 is 0.800 bits per heavy atom. The molecule has 0 saturated heterocycles. The molecule has 0 spiro atoms. The molecule has 3 aliphatic rings. The van der Waals surface area contributed by atoms with Gasteiger partial charge in [-0.15, -0.1) is 0 Å². The molecule has 1 N–H and O–H groups in total. The number of para-hydroxylation sites is 1. The third-order valence-electron chi connectivity index (χ3n) is 6.04. The number of anilines is 1. The normalized spacial score (nSPS) is 15.2. The molecule has 1 heterocycles. The number of benzene rings is 3. The van der Waals surface area contributed by atoms with Crippen molar-refractivity contribution in [2.45, 2.75) is 32.6 Å². The first-order valence-electron chi connectivity index (χ1n) is 10.8. The Morgan fingerprint density at radius 3 is 2.63 bits per heavy atom. The van der Waals surface area contributed by atoms with Crippen LogP contribution in [0.25, 0.3) is 18.2 Å². The summed E-state index contributed by atoms with van der Waals surface area (Å²) in [5.74, 6) is 0. The summed E-state index contributed by atoms with van der Waals surface area (Å²) in [5.41, 5.74) is 9.55. The Hall–Kier alpha value is -3.39. The van der Waals surface area contributed by atoms with Crippen molar-refractivity contribution in [2.24, 2.45) is 5.10 Å². The molecule has 1 aliphatic heterocycles. The van der Waals surface area contributed by atoms with E-state index in [4.69, 9.17) is 0 Å². The summed E-state index contributed by atoms with van der Waals surface area (Å²) in [5, 5.41) is 9.79. The summed E-state index contributed by atoms with van der Waals surface area (Å²) >= 11 is 0. The highest BCUT2D eigenvalue weighted by molar-refractivity contribution is 5.89. The van der Waals surface area contributed by atoms with Crippen molar-refractivity contribution in [3.8, 4) is 0 Å².